The SMILES string of the molecule is Cc1cc(Br)ccc1-c1nc2ccc(N)cc2o1. The number of aryl methyl sites for hydroxylation is 1. The van der Waals surface area contributed by atoms with Crippen LogP contribution in [0.3, 0.4) is 0 Å². The van der Waals surface area contributed by atoms with Gasteiger partial charge in [-0.15, -0.1) is 0 Å². The molecule has 18 heavy (non-hydrogen) atoms. The summed E-state index contributed by atoms with van der Waals surface area (Å²) < 4.78 is 6.79. The van der Waals surface area contributed by atoms with Crippen LogP contribution in [0.25, 0.3) is 22.6 Å². The van der Waals surface area contributed by atoms with Gasteiger partial charge in [-0.25, -0.2) is 4.98 Å². The summed E-state index contributed by atoms with van der Waals surface area (Å²) in [6.07, 6.45) is 0. The first kappa shape index (κ1) is 11.3. The fraction of sp³-hybridized carbons (Fsp3) is 0.0714. The predicted molar refractivity (Wildman–Crippen MR) is 76.3 cm³/mol. The molecule has 3 aromatic rings. The highest BCUT2D eigenvalue weighted by molar-refractivity contribution is 9.10. The van der Waals surface area contributed by atoms with Crippen molar-refractivity contribution >= 4 is 32.7 Å². The van der Waals surface area contributed by atoms with Crippen LogP contribution in [-0.2, 0) is 0 Å². The third-order valence-electron chi connectivity index (χ3n) is 2.83. The van der Waals surface area contributed by atoms with Gasteiger partial charge in [0.15, 0.2) is 5.58 Å². The highest BCUT2D eigenvalue weighted by atomic mass is 79.9. The molecule has 1 aromatic heterocycles. The quantitative estimate of drug-likeness (QED) is 0.687. The van der Waals surface area contributed by atoms with Crippen molar-refractivity contribution in [2.24, 2.45) is 0 Å². The Kier molecular flexibility index (Phi) is 2.59. The van der Waals surface area contributed by atoms with Crippen molar-refractivity contribution in [3.8, 4) is 11.5 Å². The van der Waals surface area contributed by atoms with Gasteiger partial charge in [0.25, 0.3) is 0 Å². The Bertz CT molecular complexity index is 734. The molecule has 4 heteroatoms. The van der Waals surface area contributed by atoms with Crippen molar-refractivity contribution in [1.29, 1.82) is 0 Å². The second-order valence-electron chi connectivity index (χ2n) is 4.21. The number of aromatic nitrogens is 1. The summed E-state index contributed by atoms with van der Waals surface area (Å²) in [7, 11) is 0. The van der Waals surface area contributed by atoms with E-state index in [1.165, 1.54) is 0 Å². The first-order valence-corrected chi connectivity index (χ1v) is 6.35. The van der Waals surface area contributed by atoms with Crippen LogP contribution in [0.15, 0.2) is 45.3 Å². The van der Waals surface area contributed by atoms with Crippen LogP contribution < -0.4 is 5.73 Å². The number of benzene rings is 2. The molecule has 0 amide bonds. The lowest BCUT2D eigenvalue weighted by atomic mass is 10.1. The molecular weight excluding hydrogens is 292 g/mol. The number of hydrogen-bond donors (Lipinski definition) is 1. The maximum absolute atomic E-state index is 5.75. The van der Waals surface area contributed by atoms with Crippen molar-refractivity contribution < 1.29 is 4.42 Å². The van der Waals surface area contributed by atoms with E-state index in [0.717, 1.165) is 21.1 Å². The molecule has 0 saturated heterocycles. The number of rotatable bonds is 1. The lowest BCUT2D eigenvalue weighted by Gasteiger charge is -2.01. The van der Waals surface area contributed by atoms with Gasteiger partial charge in [-0.3, -0.25) is 0 Å². The molecule has 2 N–H and O–H groups in total. The second kappa shape index (κ2) is 4.14. The molecule has 0 atom stereocenters. The molecular formula is C14H11BrN2O. The standard InChI is InChI=1S/C14H11BrN2O/c1-8-6-9(15)2-4-11(8)14-17-12-5-3-10(16)7-13(12)18-14/h2-7H,16H2,1H3. The summed E-state index contributed by atoms with van der Waals surface area (Å²) in [6.45, 7) is 2.03. The molecule has 0 bridgehead atoms. The van der Waals surface area contributed by atoms with E-state index in [4.69, 9.17) is 10.2 Å². The lowest BCUT2D eigenvalue weighted by Crippen LogP contribution is -1.83. The maximum atomic E-state index is 5.75. The van der Waals surface area contributed by atoms with Gasteiger partial charge in [0.05, 0.1) is 0 Å². The zero-order chi connectivity index (χ0) is 12.7. The minimum Gasteiger partial charge on any atom is -0.436 e. The van der Waals surface area contributed by atoms with E-state index in [2.05, 4.69) is 20.9 Å². The maximum Gasteiger partial charge on any atom is 0.227 e. The van der Waals surface area contributed by atoms with Crippen LogP contribution in [0, 0.1) is 6.92 Å². The summed E-state index contributed by atoms with van der Waals surface area (Å²) in [5.41, 5.74) is 10.1. The summed E-state index contributed by atoms with van der Waals surface area (Å²) in [5.74, 6) is 0.626. The number of fused-ring (bicyclic) bond motifs is 1. The van der Waals surface area contributed by atoms with Gasteiger partial charge in [-0.05, 0) is 42.8 Å². The van der Waals surface area contributed by atoms with Gasteiger partial charge in [-0.2, -0.15) is 0 Å². The van der Waals surface area contributed by atoms with Gasteiger partial charge in [0.2, 0.25) is 5.89 Å². The topological polar surface area (TPSA) is 52.0 Å². The van der Waals surface area contributed by atoms with Gasteiger partial charge >= 0.3 is 0 Å². The smallest absolute Gasteiger partial charge is 0.227 e. The van der Waals surface area contributed by atoms with E-state index in [0.29, 0.717) is 17.2 Å². The third-order valence-corrected chi connectivity index (χ3v) is 3.32. The normalized spacial score (nSPS) is 11.0. The van der Waals surface area contributed by atoms with Crippen LogP contribution in [0.4, 0.5) is 5.69 Å². The molecule has 0 aliphatic carbocycles. The van der Waals surface area contributed by atoms with E-state index in [-0.39, 0.29) is 0 Å². The largest absolute Gasteiger partial charge is 0.436 e. The van der Waals surface area contributed by atoms with Gasteiger partial charge in [-0.1, -0.05) is 15.9 Å². The van der Waals surface area contributed by atoms with Crippen LogP contribution in [-0.4, -0.2) is 4.98 Å². The van der Waals surface area contributed by atoms with E-state index in [1.54, 1.807) is 6.07 Å². The fourth-order valence-corrected chi connectivity index (χ4v) is 2.40. The summed E-state index contributed by atoms with van der Waals surface area (Å²) in [5, 5.41) is 0. The van der Waals surface area contributed by atoms with Gasteiger partial charge in [0.1, 0.15) is 5.52 Å². The lowest BCUT2D eigenvalue weighted by molar-refractivity contribution is 0.619. The summed E-state index contributed by atoms with van der Waals surface area (Å²) in [6, 6.07) is 11.5. The van der Waals surface area contributed by atoms with Gasteiger partial charge < -0.3 is 10.2 Å². The number of nitrogens with two attached hydrogens (primary N) is 1. The highest BCUT2D eigenvalue weighted by Gasteiger charge is 2.10. The molecule has 1 heterocycles. The number of nitrogens with zero attached hydrogens (tertiary/aromatic N) is 1. The Balaban J connectivity index is 2.19. The first-order valence-electron chi connectivity index (χ1n) is 5.56. The van der Waals surface area contributed by atoms with E-state index in [1.807, 2.05) is 37.3 Å². The minimum atomic E-state index is 0.626. The Morgan fingerprint density at radius 3 is 2.78 bits per heavy atom. The molecule has 3 rings (SSSR count). The Morgan fingerprint density at radius 1 is 1.17 bits per heavy atom. The predicted octanol–water partition coefficient (Wildman–Crippen LogP) is 4.15. The Morgan fingerprint density at radius 2 is 2.00 bits per heavy atom. The summed E-state index contributed by atoms with van der Waals surface area (Å²) in [4.78, 5) is 4.48. The molecule has 0 unspecified atom stereocenters. The van der Waals surface area contributed by atoms with Crippen LogP contribution in [0.1, 0.15) is 5.56 Å². The number of halogens is 1. The average molecular weight is 303 g/mol. The summed E-state index contributed by atoms with van der Waals surface area (Å²) >= 11 is 3.45. The van der Waals surface area contributed by atoms with Crippen LogP contribution in [0.5, 0.6) is 0 Å². The fourth-order valence-electron chi connectivity index (χ4n) is 1.92. The average Bonchev–Trinajstić information content (AvgIpc) is 2.71. The van der Waals surface area contributed by atoms with Crippen molar-refractivity contribution in [3.05, 3.63) is 46.4 Å². The first-order chi connectivity index (χ1) is 8.63. The van der Waals surface area contributed by atoms with Crippen LogP contribution >= 0.6 is 15.9 Å². The highest BCUT2D eigenvalue weighted by Crippen LogP contribution is 2.29. The van der Waals surface area contributed by atoms with E-state index in [9.17, 15) is 0 Å². The molecule has 2 aromatic carbocycles. The second-order valence-corrected chi connectivity index (χ2v) is 5.12. The Hall–Kier alpha value is -1.81. The zero-order valence-electron chi connectivity index (χ0n) is 9.77. The number of hydrogen-bond acceptors (Lipinski definition) is 3. The van der Waals surface area contributed by atoms with Gasteiger partial charge in [0, 0.05) is 21.8 Å². The Labute approximate surface area is 113 Å². The van der Waals surface area contributed by atoms with E-state index < -0.39 is 0 Å². The van der Waals surface area contributed by atoms with Crippen LogP contribution in [0.2, 0.25) is 0 Å². The van der Waals surface area contributed by atoms with Crippen molar-refractivity contribution in [2.75, 3.05) is 5.73 Å². The molecule has 0 aliphatic rings. The molecule has 3 nitrogen and oxygen atoms in total. The molecule has 0 radical (unpaired) electrons. The number of anilines is 1. The molecule has 0 spiro atoms. The number of nitrogen functional groups attached to an aromatic ring is 1. The molecule has 0 saturated carbocycles. The third kappa shape index (κ3) is 1.88. The minimum absolute atomic E-state index is 0.626. The van der Waals surface area contributed by atoms with Crippen molar-refractivity contribution in [1.82, 2.24) is 4.98 Å². The van der Waals surface area contributed by atoms with E-state index >= 15 is 0 Å². The molecule has 0 aliphatic heterocycles. The monoisotopic (exact) mass is 302 g/mol. The van der Waals surface area contributed by atoms with Crippen molar-refractivity contribution in [2.45, 2.75) is 6.92 Å². The number of oxazole rings is 1. The zero-order valence-corrected chi connectivity index (χ0v) is 11.4. The van der Waals surface area contributed by atoms with Crippen molar-refractivity contribution in [3.63, 3.8) is 0 Å². The molecule has 90 valence electrons. The molecule has 0 fully saturated rings.